The zero-order valence-corrected chi connectivity index (χ0v) is 17.1. The number of hydrogen-bond acceptors (Lipinski definition) is 3. The van der Waals surface area contributed by atoms with Crippen LogP contribution in [0.1, 0.15) is 48.3 Å². The topological polar surface area (TPSA) is 49.8 Å². The molecule has 1 N–H and O–H groups in total. The van der Waals surface area contributed by atoms with Gasteiger partial charge < -0.3 is 9.84 Å². The first kappa shape index (κ1) is 21.7. The minimum Gasteiger partial charge on any atom is -0.489 e. The third-order valence-electron chi connectivity index (χ3n) is 6.06. The maximum atomic E-state index is 12.9. The van der Waals surface area contributed by atoms with E-state index in [1.165, 1.54) is 12.1 Å². The number of hydrogen-bond donors (Lipinski definition) is 1. The Balaban J connectivity index is 1.36. The molecule has 1 aliphatic carbocycles. The van der Waals surface area contributed by atoms with E-state index in [4.69, 9.17) is 4.74 Å². The second-order valence-electron chi connectivity index (χ2n) is 8.58. The van der Waals surface area contributed by atoms with Gasteiger partial charge in [-0.1, -0.05) is 30.3 Å². The van der Waals surface area contributed by atoms with Gasteiger partial charge in [0.2, 0.25) is 0 Å². The van der Waals surface area contributed by atoms with Crippen LogP contribution in [0.3, 0.4) is 0 Å². The van der Waals surface area contributed by atoms with Crippen LogP contribution >= 0.6 is 0 Å². The van der Waals surface area contributed by atoms with Gasteiger partial charge in [-0.05, 0) is 60.4 Å². The van der Waals surface area contributed by atoms with E-state index in [1.807, 2.05) is 24.3 Å². The highest BCUT2D eigenvalue weighted by atomic mass is 19.4. The predicted octanol–water partition coefficient (Wildman–Crippen LogP) is 5.33. The van der Waals surface area contributed by atoms with Crippen LogP contribution in [0.4, 0.5) is 13.2 Å². The highest BCUT2D eigenvalue weighted by Gasteiger charge is 2.34. The molecule has 1 unspecified atom stereocenters. The van der Waals surface area contributed by atoms with E-state index < -0.39 is 17.7 Å². The standard InChI is InChI=1S/C24H26F3NO3/c25-24(26,27)19-5-1-3-16(11-19)14-28-10-9-21(15-28)31-20-6-2-4-18(12-20)22(13-23(29)30)17-7-8-17/h1-6,11-12,17,21-22H,7-10,13-15H2,(H,29,30)/t21?,22-/m0/s1. The minimum absolute atomic E-state index is 0.0158. The fourth-order valence-corrected chi connectivity index (χ4v) is 4.40. The molecule has 4 rings (SSSR count). The van der Waals surface area contributed by atoms with Crippen LogP contribution in [0.2, 0.25) is 0 Å². The maximum Gasteiger partial charge on any atom is 0.416 e. The largest absolute Gasteiger partial charge is 0.489 e. The van der Waals surface area contributed by atoms with E-state index in [1.54, 1.807) is 6.07 Å². The second kappa shape index (κ2) is 8.91. The van der Waals surface area contributed by atoms with Gasteiger partial charge in [-0.25, -0.2) is 0 Å². The van der Waals surface area contributed by atoms with E-state index in [0.29, 0.717) is 24.6 Å². The Morgan fingerprint density at radius 3 is 2.61 bits per heavy atom. The van der Waals surface area contributed by atoms with Crippen LogP contribution in [0.15, 0.2) is 48.5 Å². The van der Waals surface area contributed by atoms with Crippen molar-refractivity contribution in [1.82, 2.24) is 4.90 Å². The highest BCUT2D eigenvalue weighted by Crippen LogP contribution is 2.45. The second-order valence-corrected chi connectivity index (χ2v) is 8.58. The molecule has 0 aromatic heterocycles. The number of alkyl halides is 3. The van der Waals surface area contributed by atoms with Crippen molar-refractivity contribution in [1.29, 1.82) is 0 Å². The molecule has 2 atom stereocenters. The molecule has 0 radical (unpaired) electrons. The summed E-state index contributed by atoms with van der Waals surface area (Å²) in [6.07, 6.45) is -1.32. The molecule has 31 heavy (non-hydrogen) atoms. The van der Waals surface area contributed by atoms with Crippen molar-refractivity contribution >= 4 is 5.97 Å². The van der Waals surface area contributed by atoms with Crippen molar-refractivity contribution in [2.45, 2.75) is 50.4 Å². The molecule has 2 aromatic carbocycles. The number of nitrogens with zero attached hydrogens (tertiary/aromatic N) is 1. The van der Waals surface area contributed by atoms with Crippen molar-refractivity contribution in [2.75, 3.05) is 13.1 Å². The van der Waals surface area contributed by atoms with Crippen LogP contribution < -0.4 is 4.74 Å². The lowest BCUT2D eigenvalue weighted by molar-refractivity contribution is -0.138. The van der Waals surface area contributed by atoms with Crippen LogP contribution in [0, 0.1) is 5.92 Å². The average Bonchev–Trinajstić information content (AvgIpc) is 3.47. The Morgan fingerprint density at radius 2 is 1.90 bits per heavy atom. The minimum atomic E-state index is -4.34. The first-order valence-corrected chi connectivity index (χ1v) is 10.6. The summed E-state index contributed by atoms with van der Waals surface area (Å²) in [5.41, 5.74) is 1.01. The van der Waals surface area contributed by atoms with E-state index in [-0.39, 0.29) is 18.4 Å². The van der Waals surface area contributed by atoms with Crippen molar-refractivity contribution < 1.29 is 27.8 Å². The van der Waals surface area contributed by atoms with Gasteiger partial charge >= 0.3 is 12.1 Å². The zero-order chi connectivity index (χ0) is 22.0. The van der Waals surface area contributed by atoms with Crippen molar-refractivity contribution in [3.05, 3.63) is 65.2 Å². The summed E-state index contributed by atoms with van der Waals surface area (Å²) in [4.78, 5) is 13.3. The molecule has 1 aliphatic heterocycles. The van der Waals surface area contributed by atoms with Crippen molar-refractivity contribution in [3.63, 3.8) is 0 Å². The van der Waals surface area contributed by atoms with Crippen molar-refractivity contribution in [3.8, 4) is 5.75 Å². The smallest absolute Gasteiger partial charge is 0.416 e. The van der Waals surface area contributed by atoms with Crippen LogP contribution in [-0.4, -0.2) is 35.2 Å². The lowest BCUT2D eigenvalue weighted by Gasteiger charge is -2.19. The lowest BCUT2D eigenvalue weighted by Crippen LogP contribution is -2.24. The number of carboxylic acids is 1. The first-order chi connectivity index (χ1) is 14.8. The highest BCUT2D eigenvalue weighted by molar-refractivity contribution is 5.68. The monoisotopic (exact) mass is 433 g/mol. The first-order valence-electron chi connectivity index (χ1n) is 10.6. The van der Waals surface area contributed by atoms with Gasteiger partial charge in [-0.3, -0.25) is 9.69 Å². The Kier molecular flexibility index (Phi) is 6.23. The molecule has 0 bridgehead atoms. The molecule has 1 heterocycles. The zero-order valence-electron chi connectivity index (χ0n) is 17.1. The Hall–Kier alpha value is -2.54. The number of likely N-dealkylation sites (tertiary alicyclic amines) is 1. The van der Waals surface area contributed by atoms with Gasteiger partial charge in [0, 0.05) is 19.6 Å². The van der Waals surface area contributed by atoms with Gasteiger partial charge in [0.05, 0.1) is 12.0 Å². The Labute approximate surface area is 179 Å². The normalized spacial score (nSPS) is 20.5. The maximum absolute atomic E-state index is 12.9. The molecule has 166 valence electrons. The van der Waals surface area contributed by atoms with Gasteiger partial charge in [0.15, 0.2) is 0 Å². The molecule has 1 saturated carbocycles. The molecule has 2 aliphatic rings. The van der Waals surface area contributed by atoms with E-state index in [2.05, 4.69) is 4.90 Å². The number of carboxylic acid groups (broad SMARTS) is 1. The quantitative estimate of drug-likeness (QED) is 0.612. The van der Waals surface area contributed by atoms with E-state index >= 15 is 0 Å². The lowest BCUT2D eigenvalue weighted by atomic mass is 9.91. The van der Waals surface area contributed by atoms with Gasteiger partial charge in [-0.15, -0.1) is 0 Å². The molecule has 1 saturated heterocycles. The molecule has 2 aromatic rings. The third kappa shape index (κ3) is 5.79. The van der Waals surface area contributed by atoms with Gasteiger partial charge in [0.1, 0.15) is 11.9 Å². The van der Waals surface area contributed by atoms with Gasteiger partial charge in [-0.2, -0.15) is 13.2 Å². The Bertz CT molecular complexity index is 926. The van der Waals surface area contributed by atoms with E-state index in [0.717, 1.165) is 43.2 Å². The van der Waals surface area contributed by atoms with Crippen LogP contribution in [0.25, 0.3) is 0 Å². The molecule has 2 fully saturated rings. The summed E-state index contributed by atoms with van der Waals surface area (Å²) in [6.45, 7) is 1.85. The van der Waals surface area contributed by atoms with Crippen LogP contribution in [-0.2, 0) is 17.5 Å². The molecule has 0 amide bonds. The summed E-state index contributed by atoms with van der Waals surface area (Å²) in [6, 6.07) is 13.1. The fraction of sp³-hybridized carbons (Fsp3) is 0.458. The molecular weight excluding hydrogens is 407 g/mol. The van der Waals surface area contributed by atoms with Crippen molar-refractivity contribution in [2.24, 2.45) is 5.92 Å². The Morgan fingerprint density at radius 1 is 1.13 bits per heavy atom. The number of ether oxygens (including phenoxy) is 1. The summed E-state index contributed by atoms with van der Waals surface area (Å²) in [7, 11) is 0. The number of benzene rings is 2. The number of aliphatic carboxylic acids is 1. The summed E-state index contributed by atoms with van der Waals surface area (Å²) >= 11 is 0. The molecule has 7 heteroatoms. The number of carbonyl (C=O) groups is 1. The summed E-state index contributed by atoms with van der Waals surface area (Å²) in [5, 5.41) is 9.23. The number of rotatable bonds is 8. The summed E-state index contributed by atoms with van der Waals surface area (Å²) < 4.78 is 44.9. The average molecular weight is 433 g/mol. The molecule has 4 nitrogen and oxygen atoms in total. The van der Waals surface area contributed by atoms with E-state index in [9.17, 15) is 23.1 Å². The molecular formula is C24H26F3NO3. The predicted molar refractivity (Wildman–Crippen MR) is 110 cm³/mol. The van der Waals surface area contributed by atoms with Crippen LogP contribution in [0.5, 0.6) is 5.75 Å². The molecule has 0 spiro atoms. The number of halogens is 3. The fourth-order valence-electron chi connectivity index (χ4n) is 4.40. The third-order valence-corrected chi connectivity index (χ3v) is 6.06. The van der Waals surface area contributed by atoms with Gasteiger partial charge in [0.25, 0.3) is 0 Å². The summed E-state index contributed by atoms with van der Waals surface area (Å²) in [5.74, 6) is 0.381. The SMILES string of the molecule is O=C(O)C[C@H](c1cccc(OC2CCN(Cc3cccc(C(F)(F)F)c3)C2)c1)C1CC1.